The molecule has 1 atom stereocenters. The zero-order valence-electron chi connectivity index (χ0n) is 8.28. The zero-order valence-corrected chi connectivity index (χ0v) is 9.10. The van der Waals surface area contributed by atoms with Gasteiger partial charge in [0.2, 0.25) is 11.0 Å². The molecule has 1 amide bonds. The van der Waals surface area contributed by atoms with Crippen LogP contribution in [0.1, 0.15) is 18.9 Å². The minimum Gasteiger partial charge on any atom is -0.330 e. The van der Waals surface area contributed by atoms with Crippen molar-refractivity contribution in [1.82, 2.24) is 10.2 Å². The molecule has 6 heteroatoms. The highest BCUT2D eigenvalue weighted by Gasteiger charge is 2.12. The van der Waals surface area contributed by atoms with Crippen LogP contribution in [-0.2, 0) is 11.2 Å². The second-order valence-electron chi connectivity index (χ2n) is 2.98. The first kappa shape index (κ1) is 11.1. The first-order valence-electron chi connectivity index (χ1n) is 4.50. The summed E-state index contributed by atoms with van der Waals surface area (Å²) in [5.74, 6) is -0.296. The Hall–Kier alpha value is -1.01. The van der Waals surface area contributed by atoms with Gasteiger partial charge in [-0.1, -0.05) is 25.2 Å². The first-order chi connectivity index (χ1) is 6.67. The maximum Gasteiger partial charge on any atom is 0.230 e. The van der Waals surface area contributed by atoms with Crippen LogP contribution in [0, 0.1) is 5.92 Å². The van der Waals surface area contributed by atoms with Gasteiger partial charge in [0, 0.05) is 12.5 Å². The SMILES string of the molecule is CCc1nnc(NC(=O)C(C)CN)s1. The molecule has 5 nitrogen and oxygen atoms in total. The number of hydrogen-bond acceptors (Lipinski definition) is 5. The molecule has 0 aliphatic heterocycles. The van der Waals surface area contributed by atoms with E-state index >= 15 is 0 Å². The maximum absolute atomic E-state index is 11.4. The lowest BCUT2D eigenvalue weighted by molar-refractivity contribution is -0.119. The number of nitrogens with two attached hydrogens (primary N) is 1. The van der Waals surface area contributed by atoms with Gasteiger partial charge in [0.15, 0.2) is 0 Å². The predicted octanol–water partition coefficient (Wildman–Crippen LogP) is 0.634. The van der Waals surface area contributed by atoms with Gasteiger partial charge in [-0.2, -0.15) is 0 Å². The summed E-state index contributed by atoms with van der Waals surface area (Å²) in [7, 11) is 0. The standard InChI is InChI=1S/C8H14N4OS/c1-3-6-11-12-8(14-6)10-7(13)5(2)4-9/h5H,3-4,9H2,1-2H3,(H,10,12,13). The lowest BCUT2D eigenvalue weighted by Crippen LogP contribution is -2.26. The van der Waals surface area contributed by atoms with Gasteiger partial charge in [0.05, 0.1) is 0 Å². The maximum atomic E-state index is 11.4. The molecule has 1 unspecified atom stereocenters. The lowest BCUT2D eigenvalue weighted by atomic mass is 10.2. The lowest BCUT2D eigenvalue weighted by Gasteiger charge is -2.05. The van der Waals surface area contributed by atoms with Crippen LogP contribution in [0.5, 0.6) is 0 Å². The summed E-state index contributed by atoms with van der Waals surface area (Å²) < 4.78 is 0. The molecule has 1 heterocycles. The van der Waals surface area contributed by atoms with E-state index in [1.165, 1.54) is 11.3 Å². The van der Waals surface area contributed by atoms with Gasteiger partial charge in [-0.3, -0.25) is 4.79 Å². The second kappa shape index (κ2) is 5.02. The molecule has 1 aromatic rings. The summed E-state index contributed by atoms with van der Waals surface area (Å²) in [6.45, 7) is 4.11. The Morgan fingerprint density at radius 3 is 2.86 bits per heavy atom. The van der Waals surface area contributed by atoms with Crippen LogP contribution in [-0.4, -0.2) is 22.6 Å². The van der Waals surface area contributed by atoms with E-state index in [1.54, 1.807) is 6.92 Å². The minimum absolute atomic E-state index is 0.105. The van der Waals surface area contributed by atoms with Crippen molar-refractivity contribution in [3.05, 3.63) is 5.01 Å². The molecule has 3 N–H and O–H groups in total. The van der Waals surface area contributed by atoms with Crippen LogP contribution < -0.4 is 11.1 Å². The average molecular weight is 214 g/mol. The summed E-state index contributed by atoms with van der Waals surface area (Å²) in [6, 6.07) is 0. The topological polar surface area (TPSA) is 80.9 Å². The van der Waals surface area contributed by atoms with Crippen molar-refractivity contribution >= 4 is 22.4 Å². The zero-order chi connectivity index (χ0) is 10.6. The number of rotatable bonds is 4. The number of anilines is 1. The van der Waals surface area contributed by atoms with Crippen molar-refractivity contribution in [1.29, 1.82) is 0 Å². The molecule has 1 aromatic heterocycles. The molecular formula is C8H14N4OS. The number of aromatic nitrogens is 2. The summed E-state index contributed by atoms with van der Waals surface area (Å²) in [4.78, 5) is 11.4. The monoisotopic (exact) mass is 214 g/mol. The number of aryl methyl sites for hydroxylation is 1. The Balaban J connectivity index is 2.56. The minimum atomic E-state index is -0.191. The number of amides is 1. The Bertz CT molecular complexity index is 312. The van der Waals surface area contributed by atoms with E-state index < -0.39 is 0 Å². The van der Waals surface area contributed by atoms with Gasteiger partial charge in [0.1, 0.15) is 5.01 Å². The van der Waals surface area contributed by atoms with E-state index in [2.05, 4.69) is 15.5 Å². The molecule has 0 aliphatic carbocycles. The first-order valence-corrected chi connectivity index (χ1v) is 5.32. The highest BCUT2D eigenvalue weighted by atomic mass is 32.1. The number of carbonyl (C=O) groups excluding carboxylic acids is 1. The van der Waals surface area contributed by atoms with Crippen LogP contribution in [0.3, 0.4) is 0 Å². The third-order valence-electron chi connectivity index (χ3n) is 1.80. The summed E-state index contributed by atoms with van der Waals surface area (Å²) in [6.07, 6.45) is 0.833. The van der Waals surface area contributed by atoms with Gasteiger partial charge in [0.25, 0.3) is 0 Å². The van der Waals surface area contributed by atoms with Crippen molar-refractivity contribution in [3.8, 4) is 0 Å². The molecule has 0 bridgehead atoms. The fraction of sp³-hybridized carbons (Fsp3) is 0.625. The second-order valence-corrected chi connectivity index (χ2v) is 4.04. The molecule has 0 aliphatic rings. The van der Waals surface area contributed by atoms with Crippen molar-refractivity contribution in [2.45, 2.75) is 20.3 Å². The molecule has 0 radical (unpaired) electrons. The van der Waals surface area contributed by atoms with Crippen LogP contribution >= 0.6 is 11.3 Å². The quantitative estimate of drug-likeness (QED) is 0.770. The van der Waals surface area contributed by atoms with E-state index in [1.807, 2.05) is 6.92 Å². The largest absolute Gasteiger partial charge is 0.330 e. The highest BCUT2D eigenvalue weighted by Crippen LogP contribution is 2.15. The summed E-state index contributed by atoms with van der Waals surface area (Å²) >= 11 is 1.39. The molecule has 0 aromatic carbocycles. The molecule has 0 spiro atoms. The van der Waals surface area contributed by atoms with Gasteiger partial charge in [-0.05, 0) is 6.42 Å². The Labute approximate surface area is 86.7 Å². The third kappa shape index (κ3) is 2.74. The number of hydrogen-bond donors (Lipinski definition) is 2. The van der Waals surface area contributed by atoms with Crippen LogP contribution in [0.4, 0.5) is 5.13 Å². The highest BCUT2D eigenvalue weighted by molar-refractivity contribution is 7.15. The number of nitrogens with one attached hydrogen (secondary N) is 1. The molecular weight excluding hydrogens is 200 g/mol. The normalized spacial score (nSPS) is 12.5. The number of carbonyl (C=O) groups is 1. The molecule has 78 valence electrons. The molecule has 0 saturated heterocycles. The van der Waals surface area contributed by atoms with E-state index in [0.29, 0.717) is 11.7 Å². The van der Waals surface area contributed by atoms with Gasteiger partial charge in [-0.25, -0.2) is 0 Å². The van der Waals surface area contributed by atoms with E-state index in [9.17, 15) is 4.79 Å². The Kier molecular flexibility index (Phi) is 3.97. The third-order valence-corrected chi connectivity index (χ3v) is 2.78. The van der Waals surface area contributed by atoms with E-state index in [4.69, 9.17) is 5.73 Å². The fourth-order valence-corrected chi connectivity index (χ4v) is 1.47. The average Bonchev–Trinajstić information content (AvgIpc) is 2.64. The van der Waals surface area contributed by atoms with E-state index in [-0.39, 0.29) is 11.8 Å². The van der Waals surface area contributed by atoms with Crippen molar-refractivity contribution < 1.29 is 4.79 Å². The van der Waals surface area contributed by atoms with Gasteiger partial charge < -0.3 is 11.1 Å². The Morgan fingerprint density at radius 1 is 1.64 bits per heavy atom. The molecule has 1 rings (SSSR count). The predicted molar refractivity (Wildman–Crippen MR) is 56.1 cm³/mol. The van der Waals surface area contributed by atoms with E-state index in [0.717, 1.165) is 11.4 Å². The smallest absolute Gasteiger partial charge is 0.230 e. The molecule has 0 fully saturated rings. The van der Waals surface area contributed by atoms with Gasteiger partial charge in [-0.15, -0.1) is 10.2 Å². The molecule has 14 heavy (non-hydrogen) atoms. The fourth-order valence-electron chi connectivity index (χ4n) is 0.783. The van der Waals surface area contributed by atoms with Crippen molar-refractivity contribution in [2.24, 2.45) is 11.7 Å². The molecule has 0 saturated carbocycles. The number of nitrogens with zero attached hydrogens (tertiary/aromatic N) is 2. The van der Waals surface area contributed by atoms with Crippen molar-refractivity contribution in [3.63, 3.8) is 0 Å². The summed E-state index contributed by atoms with van der Waals surface area (Å²) in [5.41, 5.74) is 5.36. The summed E-state index contributed by atoms with van der Waals surface area (Å²) in [5, 5.41) is 11.9. The van der Waals surface area contributed by atoms with Crippen LogP contribution in [0.2, 0.25) is 0 Å². The van der Waals surface area contributed by atoms with Crippen LogP contribution in [0.25, 0.3) is 0 Å². The van der Waals surface area contributed by atoms with Crippen LogP contribution in [0.15, 0.2) is 0 Å². The Morgan fingerprint density at radius 2 is 2.36 bits per heavy atom. The van der Waals surface area contributed by atoms with Gasteiger partial charge >= 0.3 is 0 Å². The van der Waals surface area contributed by atoms with Crippen molar-refractivity contribution in [2.75, 3.05) is 11.9 Å².